The molecule has 0 unspecified atom stereocenters. The van der Waals surface area contributed by atoms with Crippen LogP contribution in [0.3, 0.4) is 0 Å². The summed E-state index contributed by atoms with van der Waals surface area (Å²) in [5.74, 6) is -0.642. The standard InChI is InChI=1S/C25H24F2N4OS/c26-17-3-1-16(2-4-17)23-22(33-25(30-23)24(28)32)9-12-31-10-7-15(8-11-31)20-14-29-21-13-18(27)5-6-19(20)21/h1-6,13-15,29H,7-12H2,(H2,28,32). The number of halogens is 2. The predicted molar refractivity (Wildman–Crippen MR) is 126 cm³/mol. The van der Waals surface area contributed by atoms with Crippen molar-refractivity contribution in [3.63, 3.8) is 0 Å². The Morgan fingerprint density at radius 2 is 1.85 bits per heavy atom. The lowest BCUT2D eigenvalue weighted by Gasteiger charge is -2.31. The first-order valence-corrected chi connectivity index (χ1v) is 11.8. The molecule has 0 aliphatic carbocycles. The maximum Gasteiger partial charge on any atom is 0.277 e. The van der Waals surface area contributed by atoms with E-state index >= 15 is 0 Å². The number of nitrogens with one attached hydrogen (secondary N) is 1. The lowest BCUT2D eigenvalue weighted by atomic mass is 9.89. The number of thiazole rings is 1. The molecule has 5 nitrogen and oxygen atoms in total. The van der Waals surface area contributed by atoms with E-state index in [9.17, 15) is 13.6 Å². The number of nitrogens with two attached hydrogens (primary N) is 1. The number of aromatic amines is 1. The third-order valence-electron chi connectivity index (χ3n) is 6.38. The summed E-state index contributed by atoms with van der Waals surface area (Å²) in [6, 6.07) is 11.1. The van der Waals surface area contributed by atoms with E-state index in [1.165, 1.54) is 35.1 Å². The monoisotopic (exact) mass is 466 g/mol. The average molecular weight is 467 g/mol. The number of amides is 1. The summed E-state index contributed by atoms with van der Waals surface area (Å²) in [6.45, 7) is 2.78. The molecule has 1 fully saturated rings. The topological polar surface area (TPSA) is 75.0 Å². The van der Waals surface area contributed by atoms with Crippen LogP contribution >= 0.6 is 11.3 Å². The van der Waals surface area contributed by atoms with Crippen molar-refractivity contribution in [3.05, 3.63) is 75.7 Å². The minimum Gasteiger partial charge on any atom is -0.364 e. The molecule has 170 valence electrons. The minimum absolute atomic E-state index is 0.228. The van der Waals surface area contributed by atoms with Gasteiger partial charge >= 0.3 is 0 Å². The minimum atomic E-state index is -0.547. The van der Waals surface area contributed by atoms with Crippen LogP contribution in [0.4, 0.5) is 8.78 Å². The molecule has 0 saturated carbocycles. The molecule has 5 rings (SSSR count). The molecule has 0 atom stereocenters. The molecule has 3 heterocycles. The van der Waals surface area contributed by atoms with Gasteiger partial charge in [-0.1, -0.05) is 0 Å². The molecule has 33 heavy (non-hydrogen) atoms. The van der Waals surface area contributed by atoms with Gasteiger partial charge in [-0.05, 0) is 86.3 Å². The molecule has 1 amide bonds. The number of carbonyl (C=O) groups is 1. The second-order valence-electron chi connectivity index (χ2n) is 8.46. The van der Waals surface area contributed by atoms with Gasteiger partial charge in [0.1, 0.15) is 11.6 Å². The molecule has 0 spiro atoms. The second kappa shape index (κ2) is 9.03. The molecule has 0 radical (unpaired) electrons. The molecule has 2 aromatic heterocycles. The third-order valence-corrected chi connectivity index (χ3v) is 7.51. The van der Waals surface area contributed by atoms with Gasteiger partial charge in [0.25, 0.3) is 5.91 Å². The van der Waals surface area contributed by atoms with Crippen molar-refractivity contribution >= 4 is 28.1 Å². The van der Waals surface area contributed by atoms with Gasteiger partial charge in [-0.15, -0.1) is 11.3 Å². The van der Waals surface area contributed by atoms with E-state index in [-0.39, 0.29) is 16.6 Å². The van der Waals surface area contributed by atoms with E-state index in [0.29, 0.717) is 11.6 Å². The number of H-pyrrole nitrogens is 1. The fourth-order valence-electron chi connectivity index (χ4n) is 4.65. The van der Waals surface area contributed by atoms with Crippen molar-refractivity contribution in [3.8, 4) is 11.3 Å². The van der Waals surface area contributed by atoms with E-state index in [4.69, 9.17) is 5.73 Å². The van der Waals surface area contributed by atoms with Crippen LogP contribution in [0.1, 0.15) is 39.0 Å². The Morgan fingerprint density at radius 1 is 1.12 bits per heavy atom. The number of piperidine rings is 1. The van der Waals surface area contributed by atoms with Gasteiger partial charge in [-0.25, -0.2) is 13.8 Å². The highest BCUT2D eigenvalue weighted by Gasteiger charge is 2.24. The molecule has 8 heteroatoms. The van der Waals surface area contributed by atoms with Crippen molar-refractivity contribution in [2.75, 3.05) is 19.6 Å². The van der Waals surface area contributed by atoms with Crippen LogP contribution in [0.2, 0.25) is 0 Å². The fourth-order valence-corrected chi connectivity index (χ4v) is 5.57. The number of rotatable bonds is 6. The number of nitrogens with zero attached hydrogens (tertiary/aromatic N) is 2. The molecule has 1 aliphatic heterocycles. The predicted octanol–water partition coefficient (Wildman–Crippen LogP) is 5.09. The zero-order valence-corrected chi connectivity index (χ0v) is 18.8. The Bertz CT molecular complexity index is 1290. The lowest BCUT2D eigenvalue weighted by molar-refractivity contribution is 0.1000. The van der Waals surface area contributed by atoms with E-state index in [0.717, 1.165) is 60.2 Å². The summed E-state index contributed by atoms with van der Waals surface area (Å²) in [6.07, 6.45) is 4.82. The number of carbonyl (C=O) groups excluding carboxylic acids is 1. The van der Waals surface area contributed by atoms with Crippen molar-refractivity contribution < 1.29 is 13.6 Å². The summed E-state index contributed by atoms with van der Waals surface area (Å²) in [4.78, 5) is 22.7. The van der Waals surface area contributed by atoms with E-state index in [2.05, 4.69) is 14.9 Å². The normalized spacial score (nSPS) is 15.3. The smallest absolute Gasteiger partial charge is 0.277 e. The molecule has 0 bridgehead atoms. The summed E-state index contributed by atoms with van der Waals surface area (Å²) in [5.41, 5.74) is 9.05. The lowest BCUT2D eigenvalue weighted by Crippen LogP contribution is -2.34. The van der Waals surface area contributed by atoms with Crippen LogP contribution in [0.25, 0.3) is 22.2 Å². The number of fused-ring (bicyclic) bond motifs is 1. The molecule has 3 N–H and O–H groups in total. The Hall–Kier alpha value is -3.10. The van der Waals surface area contributed by atoms with Gasteiger partial charge in [-0.2, -0.15) is 0 Å². The van der Waals surface area contributed by atoms with Crippen molar-refractivity contribution in [2.24, 2.45) is 5.73 Å². The van der Waals surface area contributed by atoms with Crippen LogP contribution in [-0.4, -0.2) is 40.4 Å². The van der Waals surface area contributed by atoms with E-state index in [1.807, 2.05) is 12.3 Å². The Balaban J connectivity index is 1.25. The van der Waals surface area contributed by atoms with Gasteiger partial charge in [-0.3, -0.25) is 4.79 Å². The number of primary amides is 1. The molecular formula is C25H24F2N4OS. The average Bonchev–Trinajstić information content (AvgIpc) is 3.43. The number of hydrogen-bond acceptors (Lipinski definition) is 4. The third kappa shape index (κ3) is 4.54. The number of likely N-dealkylation sites (tertiary alicyclic amines) is 1. The molecule has 1 saturated heterocycles. The second-order valence-corrected chi connectivity index (χ2v) is 9.55. The summed E-state index contributed by atoms with van der Waals surface area (Å²) in [5, 5.41) is 1.38. The van der Waals surface area contributed by atoms with E-state index < -0.39 is 5.91 Å². The Kier molecular flexibility index (Phi) is 5.95. The van der Waals surface area contributed by atoms with Crippen molar-refractivity contribution in [1.29, 1.82) is 0 Å². The highest BCUT2D eigenvalue weighted by atomic mass is 32.1. The van der Waals surface area contributed by atoms with Crippen LogP contribution in [0, 0.1) is 11.6 Å². The Labute approximate surface area is 194 Å². The van der Waals surface area contributed by atoms with Gasteiger partial charge in [0.15, 0.2) is 5.01 Å². The molecule has 1 aliphatic rings. The first-order chi connectivity index (χ1) is 16.0. The summed E-state index contributed by atoms with van der Waals surface area (Å²) in [7, 11) is 0. The van der Waals surface area contributed by atoms with E-state index in [1.54, 1.807) is 18.2 Å². The number of hydrogen-bond donors (Lipinski definition) is 2. The molecular weight excluding hydrogens is 442 g/mol. The quantitative estimate of drug-likeness (QED) is 0.416. The van der Waals surface area contributed by atoms with Gasteiger partial charge in [0, 0.05) is 34.1 Å². The SMILES string of the molecule is NC(=O)c1nc(-c2ccc(F)cc2)c(CCN2CCC(c3c[nH]c4cc(F)ccc34)CC2)s1. The van der Waals surface area contributed by atoms with Crippen LogP contribution in [0.5, 0.6) is 0 Å². The first-order valence-electron chi connectivity index (χ1n) is 11.0. The maximum atomic E-state index is 13.5. The highest BCUT2D eigenvalue weighted by molar-refractivity contribution is 7.14. The largest absolute Gasteiger partial charge is 0.364 e. The van der Waals surface area contributed by atoms with Crippen molar-refractivity contribution in [1.82, 2.24) is 14.9 Å². The van der Waals surface area contributed by atoms with Gasteiger partial charge in [0.2, 0.25) is 0 Å². The molecule has 2 aromatic carbocycles. The first kappa shape index (κ1) is 21.7. The Morgan fingerprint density at radius 3 is 2.58 bits per heavy atom. The maximum absolute atomic E-state index is 13.5. The zero-order valence-electron chi connectivity index (χ0n) is 18.0. The van der Waals surface area contributed by atoms with Crippen LogP contribution in [-0.2, 0) is 6.42 Å². The van der Waals surface area contributed by atoms with Crippen LogP contribution in [0.15, 0.2) is 48.7 Å². The van der Waals surface area contributed by atoms with Gasteiger partial charge < -0.3 is 15.6 Å². The highest BCUT2D eigenvalue weighted by Crippen LogP contribution is 2.34. The number of aromatic nitrogens is 2. The van der Waals surface area contributed by atoms with Crippen molar-refractivity contribution in [2.45, 2.75) is 25.2 Å². The zero-order chi connectivity index (χ0) is 22.9. The van der Waals surface area contributed by atoms with Crippen LogP contribution < -0.4 is 5.73 Å². The number of benzene rings is 2. The van der Waals surface area contributed by atoms with Gasteiger partial charge in [0.05, 0.1) is 5.69 Å². The summed E-state index contributed by atoms with van der Waals surface area (Å²) >= 11 is 1.32. The molecule has 4 aromatic rings. The fraction of sp³-hybridized carbons (Fsp3) is 0.280. The summed E-state index contributed by atoms with van der Waals surface area (Å²) < 4.78 is 26.8.